The number of fused-ring (bicyclic) bond motifs is 1. The number of benzene rings is 1. The standard InChI is InChI=1S/C30H40N6O6S/c1-18(17-43-19(2)37)28(39)36-10-6-9-23(36)27(38)32-26-21-15-24(41-3)25(42-4)16-22(21)31-30(33-26)35-13-11-34(12-14-35)29(40)20-7-5-8-20/h15-16,18,20,23H,5-14,17H2,1-4H3,(H,31,32,33,38). The molecule has 2 saturated heterocycles. The van der Waals surface area contributed by atoms with Crippen LogP contribution in [0.25, 0.3) is 10.9 Å². The largest absolute Gasteiger partial charge is 0.493 e. The number of likely N-dealkylation sites (tertiary alicyclic amines) is 1. The van der Waals surface area contributed by atoms with Gasteiger partial charge in [0.2, 0.25) is 23.7 Å². The van der Waals surface area contributed by atoms with Crippen molar-refractivity contribution in [3.05, 3.63) is 12.1 Å². The van der Waals surface area contributed by atoms with Crippen LogP contribution >= 0.6 is 11.8 Å². The Hall–Kier alpha value is -3.61. The number of hydrogen-bond acceptors (Lipinski definition) is 10. The summed E-state index contributed by atoms with van der Waals surface area (Å²) < 4.78 is 11.0. The van der Waals surface area contributed by atoms with Crippen LogP contribution in [0.4, 0.5) is 11.8 Å². The number of methoxy groups -OCH3 is 2. The molecule has 1 aliphatic carbocycles. The zero-order valence-corrected chi connectivity index (χ0v) is 26.1. The fourth-order valence-corrected chi connectivity index (χ4v) is 6.45. The Morgan fingerprint density at radius 1 is 0.977 bits per heavy atom. The number of nitrogens with zero attached hydrogens (tertiary/aromatic N) is 5. The number of ether oxygens (including phenoxy) is 2. The van der Waals surface area contributed by atoms with E-state index in [1.807, 2.05) is 9.80 Å². The van der Waals surface area contributed by atoms with Gasteiger partial charge in [0.05, 0.1) is 19.7 Å². The maximum Gasteiger partial charge on any atom is 0.248 e. The highest BCUT2D eigenvalue weighted by atomic mass is 32.2. The molecule has 3 aliphatic rings. The number of hydrogen-bond donors (Lipinski definition) is 1. The van der Waals surface area contributed by atoms with Crippen molar-refractivity contribution >= 4 is 57.3 Å². The molecule has 3 fully saturated rings. The molecule has 43 heavy (non-hydrogen) atoms. The summed E-state index contributed by atoms with van der Waals surface area (Å²) in [4.78, 5) is 66.3. The molecule has 0 radical (unpaired) electrons. The number of nitrogens with one attached hydrogen (secondary N) is 1. The quantitative estimate of drug-likeness (QED) is 0.451. The van der Waals surface area contributed by atoms with Gasteiger partial charge in [0.25, 0.3) is 0 Å². The third kappa shape index (κ3) is 6.66. The van der Waals surface area contributed by atoms with Gasteiger partial charge in [-0.25, -0.2) is 4.98 Å². The molecular formula is C30H40N6O6S. The first-order valence-electron chi connectivity index (χ1n) is 14.9. The molecule has 2 aromatic rings. The van der Waals surface area contributed by atoms with Crippen molar-refractivity contribution in [3.63, 3.8) is 0 Å². The highest BCUT2D eigenvalue weighted by molar-refractivity contribution is 8.13. The molecule has 232 valence electrons. The van der Waals surface area contributed by atoms with E-state index >= 15 is 0 Å². The van der Waals surface area contributed by atoms with Gasteiger partial charge >= 0.3 is 0 Å². The van der Waals surface area contributed by atoms with E-state index in [4.69, 9.17) is 19.4 Å². The number of carbonyl (C=O) groups excluding carboxylic acids is 4. The van der Waals surface area contributed by atoms with Crippen LogP contribution in [0.5, 0.6) is 11.5 Å². The van der Waals surface area contributed by atoms with Crippen LogP contribution in [0.3, 0.4) is 0 Å². The third-order valence-corrected chi connectivity index (χ3v) is 9.63. The third-order valence-electron chi connectivity index (χ3n) is 8.56. The summed E-state index contributed by atoms with van der Waals surface area (Å²) >= 11 is 1.12. The Kier molecular flexibility index (Phi) is 9.58. The van der Waals surface area contributed by atoms with Crippen LogP contribution in [0.15, 0.2) is 12.1 Å². The molecule has 2 unspecified atom stereocenters. The topological polar surface area (TPSA) is 134 Å². The monoisotopic (exact) mass is 612 g/mol. The van der Waals surface area contributed by atoms with E-state index in [-0.39, 0.29) is 34.7 Å². The SMILES string of the molecule is COc1cc2nc(N3CCN(C(=O)C4CCC4)CC3)nc(NC(=O)C3CCCN3C(=O)C(C)CSC(C)=O)c2cc1OC. The first kappa shape index (κ1) is 30.8. The summed E-state index contributed by atoms with van der Waals surface area (Å²) in [6.07, 6.45) is 4.31. The summed E-state index contributed by atoms with van der Waals surface area (Å²) in [5.74, 6) is 1.65. The minimum absolute atomic E-state index is 0.0414. The van der Waals surface area contributed by atoms with Gasteiger partial charge in [0.15, 0.2) is 16.6 Å². The summed E-state index contributed by atoms with van der Waals surface area (Å²) in [6.45, 7) is 6.07. The lowest BCUT2D eigenvalue weighted by atomic mass is 9.84. The molecule has 3 heterocycles. The summed E-state index contributed by atoms with van der Waals surface area (Å²) in [5.41, 5.74) is 0.570. The van der Waals surface area contributed by atoms with Crippen LogP contribution in [-0.2, 0) is 19.2 Å². The van der Waals surface area contributed by atoms with Gasteiger partial charge in [-0.2, -0.15) is 4.98 Å². The molecule has 3 amide bonds. The van der Waals surface area contributed by atoms with Crippen molar-refractivity contribution in [1.82, 2.24) is 19.8 Å². The zero-order chi connectivity index (χ0) is 30.7. The average Bonchev–Trinajstić information content (AvgIpc) is 3.48. The maximum atomic E-state index is 13.7. The number of anilines is 2. The molecule has 2 atom stereocenters. The second-order valence-corrected chi connectivity index (χ2v) is 12.6. The van der Waals surface area contributed by atoms with Gasteiger partial charge in [0, 0.05) is 68.7 Å². The molecule has 12 nitrogen and oxygen atoms in total. The van der Waals surface area contributed by atoms with Crippen molar-refractivity contribution in [2.24, 2.45) is 11.8 Å². The molecule has 1 saturated carbocycles. The lowest BCUT2D eigenvalue weighted by Crippen LogP contribution is -2.51. The molecule has 0 spiro atoms. The van der Waals surface area contributed by atoms with Crippen molar-refractivity contribution in [1.29, 1.82) is 0 Å². The average molecular weight is 613 g/mol. The second-order valence-electron chi connectivity index (χ2n) is 11.4. The van der Waals surface area contributed by atoms with E-state index in [0.29, 0.717) is 85.5 Å². The normalized spacial score (nSPS) is 19.6. The summed E-state index contributed by atoms with van der Waals surface area (Å²) in [6, 6.07) is 2.85. The minimum atomic E-state index is -0.646. The van der Waals surface area contributed by atoms with Crippen LogP contribution in [0, 0.1) is 11.8 Å². The smallest absolute Gasteiger partial charge is 0.248 e. The van der Waals surface area contributed by atoms with Gasteiger partial charge < -0.3 is 29.5 Å². The number of carbonyl (C=O) groups is 4. The Labute approximate surface area is 255 Å². The number of aromatic nitrogens is 2. The summed E-state index contributed by atoms with van der Waals surface area (Å²) in [7, 11) is 3.09. The molecule has 13 heteroatoms. The Morgan fingerprint density at radius 2 is 1.67 bits per heavy atom. The highest BCUT2D eigenvalue weighted by Gasteiger charge is 2.37. The van der Waals surface area contributed by atoms with Crippen LogP contribution in [0.1, 0.15) is 46.0 Å². The van der Waals surface area contributed by atoms with Gasteiger partial charge in [0.1, 0.15) is 11.9 Å². The fourth-order valence-electron chi connectivity index (χ4n) is 5.82. The molecule has 5 rings (SSSR count). The predicted molar refractivity (Wildman–Crippen MR) is 164 cm³/mol. The van der Waals surface area contributed by atoms with Gasteiger partial charge in [-0.1, -0.05) is 25.1 Å². The van der Waals surface area contributed by atoms with E-state index in [9.17, 15) is 19.2 Å². The molecule has 2 aliphatic heterocycles. The van der Waals surface area contributed by atoms with E-state index < -0.39 is 6.04 Å². The molecule has 1 aromatic heterocycles. The fraction of sp³-hybridized carbons (Fsp3) is 0.600. The van der Waals surface area contributed by atoms with Crippen molar-refractivity contribution < 1.29 is 28.7 Å². The van der Waals surface area contributed by atoms with Crippen LogP contribution in [0.2, 0.25) is 0 Å². The van der Waals surface area contributed by atoms with Gasteiger partial charge in [-0.05, 0) is 31.7 Å². The minimum Gasteiger partial charge on any atom is -0.493 e. The molecule has 1 N–H and O–H groups in total. The first-order valence-corrected chi connectivity index (χ1v) is 15.9. The van der Waals surface area contributed by atoms with Gasteiger partial charge in [-0.15, -0.1) is 0 Å². The number of rotatable bonds is 9. The van der Waals surface area contributed by atoms with E-state index in [1.54, 1.807) is 31.1 Å². The van der Waals surface area contributed by atoms with E-state index in [1.165, 1.54) is 14.0 Å². The lowest BCUT2D eigenvalue weighted by molar-refractivity contribution is -0.139. The number of amides is 3. The van der Waals surface area contributed by atoms with Crippen molar-refractivity contribution in [2.45, 2.75) is 52.0 Å². The Morgan fingerprint density at radius 3 is 2.30 bits per heavy atom. The Bertz CT molecular complexity index is 1390. The predicted octanol–water partition coefficient (Wildman–Crippen LogP) is 2.94. The molecular weight excluding hydrogens is 572 g/mol. The lowest BCUT2D eigenvalue weighted by Gasteiger charge is -2.38. The van der Waals surface area contributed by atoms with Gasteiger partial charge in [-0.3, -0.25) is 19.2 Å². The molecule has 1 aromatic carbocycles. The first-order chi connectivity index (χ1) is 20.7. The highest BCUT2D eigenvalue weighted by Crippen LogP contribution is 2.36. The van der Waals surface area contributed by atoms with Crippen LogP contribution in [-0.4, -0.2) is 101 Å². The van der Waals surface area contributed by atoms with Crippen molar-refractivity contribution in [3.8, 4) is 11.5 Å². The Balaban J connectivity index is 1.39. The van der Waals surface area contributed by atoms with E-state index in [2.05, 4.69) is 5.32 Å². The van der Waals surface area contributed by atoms with Crippen LogP contribution < -0.4 is 19.7 Å². The maximum absolute atomic E-state index is 13.7. The van der Waals surface area contributed by atoms with Crippen molar-refractivity contribution in [2.75, 3.05) is 62.9 Å². The van der Waals surface area contributed by atoms with E-state index in [0.717, 1.165) is 31.0 Å². The number of thioether (sulfide) groups is 1. The molecule has 0 bridgehead atoms. The summed E-state index contributed by atoms with van der Waals surface area (Å²) in [5, 5.41) is 3.53. The zero-order valence-electron chi connectivity index (χ0n) is 25.3. The second kappa shape index (κ2) is 13.4. The number of piperazine rings is 1.